The van der Waals surface area contributed by atoms with Gasteiger partial charge in [-0.25, -0.2) is 8.78 Å². The third kappa shape index (κ3) is 3.13. The van der Waals surface area contributed by atoms with Crippen LogP contribution in [0.25, 0.3) is 5.57 Å². The monoisotopic (exact) mass is 237 g/mol. The first-order chi connectivity index (χ1) is 8.16. The Labute approximate surface area is 101 Å². The molecule has 0 aliphatic heterocycles. The number of alkyl halides is 2. The highest BCUT2D eigenvalue weighted by atomic mass is 19.3. The fourth-order valence-corrected chi connectivity index (χ4v) is 2.24. The number of nitrogens with one attached hydrogen (secondary N) is 1. The number of hydrogen-bond acceptors (Lipinski definition) is 1. The smallest absolute Gasteiger partial charge is 0.250 e. The van der Waals surface area contributed by atoms with Gasteiger partial charge in [0.15, 0.2) is 0 Å². The van der Waals surface area contributed by atoms with E-state index in [1.165, 1.54) is 16.7 Å². The third-order valence-electron chi connectivity index (χ3n) is 3.08. The van der Waals surface area contributed by atoms with Crippen LogP contribution in [0.3, 0.4) is 0 Å². The zero-order chi connectivity index (χ0) is 12.3. The first kappa shape index (κ1) is 12.2. The molecule has 0 unspecified atom stereocenters. The Bertz CT molecular complexity index is 412. The summed E-state index contributed by atoms with van der Waals surface area (Å²) in [5.41, 5.74) is 3.89. The molecule has 1 atom stereocenters. The molecule has 0 spiro atoms. The number of fused-ring (bicyclic) bond motifs is 1. The Morgan fingerprint density at radius 3 is 2.82 bits per heavy atom. The van der Waals surface area contributed by atoms with Gasteiger partial charge in [-0.15, -0.1) is 0 Å². The maximum absolute atomic E-state index is 12.1. The summed E-state index contributed by atoms with van der Waals surface area (Å²) in [4.78, 5) is 0. The van der Waals surface area contributed by atoms with Crippen molar-refractivity contribution in [2.75, 3.05) is 6.54 Å². The number of halogens is 2. The molecule has 1 aliphatic carbocycles. The van der Waals surface area contributed by atoms with Gasteiger partial charge in [0, 0.05) is 6.04 Å². The number of allylic oxidation sites excluding steroid dienone is 1. The average molecular weight is 237 g/mol. The van der Waals surface area contributed by atoms with Crippen LogP contribution in [0.5, 0.6) is 0 Å². The van der Waals surface area contributed by atoms with Crippen LogP contribution in [0.1, 0.15) is 24.5 Å². The molecule has 0 amide bonds. The fourth-order valence-electron chi connectivity index (χ4n) is 2.24. The molecule has 0 heterocycles. The normalized spacial score (nSPS) is 15.9. The van der Waals surface area contributed by atoms with Crippen molar-refractivity contribution in [3.63, 3.8) is 0 Å². The van der Waals surface area contributed by atoms with E-state index in [2.05, 4.69) is 23.5 Å². The van der Waals surface area contributed by atoms with Crippen LogP contribution in [0.15, 0.2) is 30.3 Å². The van der Waals surface area contributed by atoms with Crippen LogP contribution < -0.4 is 5.32 Å². The molecule has 0 bridgehead atoms. The van der Waals surface area contributed by atoms with Crippen LogP contribution in [0.4, 0.5) is 8.78 Å². The second-order valence-electron chi connectivity index (χ2n) is 4.50. The van der Waals surface area contributed by atoms with E-state index in [1.54, 1.807) is 0 Å². The Kier molecular flexibility index (Phi) is 3.89. The molecule has 2 rings (SSSR count). The van der Waals surface area contributed by atoms with Gasteiger partial charge < -0.3 is 5.32 Å². The number of rotatable bonds is 5. The summed E-state index contributed by atoms with van der Waals surface area (Å²) >= 11 is 0. The molecule has 92 valence electrons. The van der Waals surface area contributed by atoms with E-state index < -0.39 is 6.43 Å². The maximum atomic E-state index is 12.1. The maximum Gasteiger partial charge on any atom is 0.250 e. The van der Waals surface area contributed by atoms with Gasteiger partial charge in [0.2, 0.25) is 0 Å². The van der Waals surface area contributed by atoms with E-state index in [4.69, 9.17) is 0 Å². The Hall–Kier alpha value is -1.22. The van der Waals surface area contributed by atoms with Gasteiger partial charge in [-0.2, -0.15) is 0 Å². The predicted molar refractivity (Wildman–Crippen MR) is 66.2 cm³/mol. The van der Waals surface area contributed by atoms with Gasteiger partial charge >= 0.3 is 0 Å². The molecule has 1 aromatic carbocycles. The Morgan fingerprint density at radius 1 is 1.29 bits per heavy atom. The van der Waals surface area contributed by atoms with Crippen molar-refractivity contribution in [1.29, 1.82) is 0 Å². The molecule has 0 saturated heterocycles. The van der Waals surface area contributed by atoms with Crippen LogP contribution in [0.2, 0.25) is 0 Å². The molecule has 17 heavy (non-hydrogen) atoms. The molecule has 1 aliphatic rings. The first-order valence-electron chi connectivity index (χ1n) is 5.95. The largest absolute Gasteiger partial charge is 0.309 e. The van der Waals surface area contributed by atoms with E-state index in [0.717, 1.165) is 12.8 Å². The highest BCUT2D eigenvalue weighted by Gasteiger charge is 2.15. The van der Waals surface area contributed by atoms with Crippen molar-refractivity contribution in [2.24, 2.45) is 0 Å². The topological polar surface area (TPSA) is 12.0 Å². The predicted octanol–water partition coefficient (Wildman–Crippen LogP) is 3.26. The summed E-state index contributed by atoms with van der Waals surface area (Å²) in [6, 6.07) is 8.37. The summed E-state index contributed by atoms with van der Waals surface area (Å²) in [6.07, 6.45) is 1.70. The van der Waals surface area contributed by atoms with E-state index >= 15 is 0 Å². The van der Waals surface area contributed by atoms with Gasteiger partial charge in [0.1, 0.15) is 0 Å². The average Bonchev–Trinajstić information content (AvgIpc) is 2.70. The zero-order valence-electron chi connectivity index (χ0n) is 9.92. The van der Waals surface area contributed by atoms with Gasteiger partial charge in [-0.3, -0.25) is 0 Å². The van der Waals surface area contributed by atoms with Gasteiger partial charge in [-0.1, -0.05) is 30.3 Å². The molecule has 1 nitrogen and oxygen atoms in total. The number of hydrogen-bond donors (Lipinski definition) is 1. The lowest BCUT2D eigenvalue weighted by atomic mass is 10.0. The molecule has 0 radical (unpaired) electrons. The standard InChI is InChI=1S/C14H17F2N/c1-10(17-9-14(15)16)8-12-7-6-11-4-2-3-5-13(11)12/h2-5,7,10,14,17H,6,8-9H2,1H3/t10-/m1/s1. The van der Waals surface area contributed by atoms with Gasteiger partial charge in [-0.05, 0) is 36.5 Å². The summed E-state index contributed by atoms with van der Waals surface area (Å²) < 4.78 is 24.1. The Balaban J connectivity index is 1.93. The lowest BCUT2D eigenvalue weighted by molar-refractivity contribution is 0.142. The SMILES string of the molecule is C[C@H](CC1=CCc2ccccc21)NCC(F)F. The summed E-state index contributed by atoms with van der Waals surface area (Å²) in [5.74, 6) is 0. The first-order valence-corrected chi connectivity index (χ1v) is 5.95. The molecule has 0 aromatic heterocycles. The summed E-state index contributed by atoms with van der Waals surface area (Å²) in [6.45, 7) is 1.72. The second-order valence-corrected chi connectivity index (χ2v) is 4.50. The quantitative estimate of drug-likeness (QED) is 0.828. The highest BCUT2D eigenvalue weighted by Crippen LogP contribution is 2.30. The molecular formula is C14H17F2N. The van der Waals surface area contributed by atoms with Crippen molar-refractivity contribution in [1.82, 2.24) is 5.32 Å². The zero-order valence-corrected chi connectivity index (χ0v) is 9.92. The van der Waals surface area contributed by atoms with Crippen LogP contribution in [-0.4, -0.2) is 19.0 Å². The van der Waals surface area contributed by atoms with Crippen molar-refractivity contribution in [3.8, 4) is 0 Å². The van der Waals surface area contributed by atoms with Crippen LogP contribution in [-0.2, 0) is 6.42 Å². The lowest BCUT2D eigenvalue weighted by Gasteiger charge is -2.15. The summed E-state index contributed by atoms with van der Waals surface area (Å²) in [5, 5.41) is 2.85. The van der Waals surface area contributed by atoms with Crippen molar-refractivity contribution < 1.29 is 8.78 Å². The minimum Gasteiger partial charge on any atom is -0.309 e. The number of benzene rings is 1. The molecule has 3 heteroatoms. The fraction of sp³-hybridized carbons (Fsp3) is 0.429. The molecule has 0 saturated carbocycles. The Morgan fingerprint density at radius 2 is 2.06 bits per heavy atom. The van der Waals surface area contributed by atoms with E-state index in [1.807, 2.05) is 19.1 Å². The minimum absolute atomic E-state index is 0.0846. The molecule has 0 fully saturated rings. The van der Waals surface area contributed by atoms with Crippen LogP contribution >= 0.6 is 0 Å². The van der Waals surface area contributed by atoms with Gasteiger partial charge in [0.25, 0.3) is 6.43 Å². The van der Waals surface area contributed by atoms with Crippen molar-refractivity contribution in [3.05, 3.63) is 41.5 Å². The highest BCUT2D eigenvalue weighted by molar-refractivity contribution is 5.73. The van der Waals surface area contributed by atoms with Gasteiger partial charge in [0.05, 0.1) is 6.54 Å². The van der Waals surface area contributed by atoms with E-state index in [0.29, 0.717) is 0 Å². The van der Waals surface area contributed by atoms with E-state index in [-0.39, 0.29) is 12.6 Å². The second kappa shape index (κ2) is 5.41. The lowest BCUT2D eigenvalue weighted by Crippen LogP contribution is -2.30. The van der Waals surface area contributed by atoms with E-state index in [9.17, 15) is 8.78 Å². The summed E-state index contributed by atoms with van der Waals surface area (Å²) in [7, 11) is 0. The minimum atomic E-state index is -2.28. The third-order valence-corrected chi connectivity index (χ3v) is 3.08. The molecular weight excluding hydrogens is 220 g/mol. The van der Waals surface area contributed by atoms with Crippen molar-refractivity contribution in [2.45, 2.75) is 32.2 Å². The van der Waals surface area contributed by atoms with Crippen LogP contribution in [0, 0.1) is 0 Å². The van der Waals surface area contributed by atoms with Crippen molar-refractivity contribution >= 4 is 5.57 Å². The molecule has 1 aromatic rings. The molecule has 1 N–H and O–H groups in total.